The molecule has 25 heavy (non-hydrogen) atoms. The molecule has 0 saturated heterocycles. The van der Waals surface area contributed by atoms with E-state index in [0.717, 1.165) is 18.2 Å². The van der Waals surface area contributed by atoms with Crippen LogP contribution in [0.2, 0.25) is 10.0 Å². The van der Waals surface area contributed by atoms with Crippen LogP contribution in [-0.4, -0.2) is 29.1 Å². The van der Waals surface area contributed by atoms with Crippen LogP contribution in [0.15, 0.2) is 41.3 Å². The second-order valence-electron chi connectivity index (χ2n) is 5.11. The number of anilines is 2. The van der Waals surface area contributed by atoms with Gasteiger partial charge in [0.1, 0.15) is 5.75 Å². The summed E-state index contributed by atoms with van der Waals surface area (Å²) in [4.78, 5) is 1.45. The van der Waals surface area contributed by atoms with Crippen LogP contribution in [0.3, 0.4) is 0 Å². The molecule has 0 spiro atoms. The minimum absolute atomic E-state index is 0.205. The number of ether oxygens (including phenoxy) is 1. The molecule has 2 aromatic carbocycles. The Morgan fingerprint density at radius 1 is 1.12 bits per heavy atom. The van der Waals surface area contributed by atoms with Crippen LogP contribution in [-0.2, 0) is 10.0 Å². The highest BCUT2D eigenvalue weighted by Gasteiger charge is 2.20. The van der Waals surface area contributed by atoms with Gasteiger partial charge < -0.3 is 9.64 Å². The molecular weight excluding hydrogens is 397 g/mol. The van der Waals surface area contributed by atoms with Crippen molar-refractivity contribution in [3.05, 3.63) is 46.4 Å². The molecule has 5 nitrogen and oxygen atoms in total. The van der Waals surface area contributed by atoms with Crippen molar-refractivity contribution in [2.45, 2.75) is 11.5 Å². The van der Waals surface area contributed by atoms with E-state index in [1.165, 1.54) is 0 Å². The first-order chi connectivity index (χ1) is 11.6. The Labute approximate surface area is 154 Å². The zero-order chi connectivity index (χ0) is 18.8. The molecular formula is C15H14Cl2F2N2O3S. The number of rotatable bonds is 6. The van der Waals surface area contributed by atoms with E-state index in [4.69, 9.17) is 23.2 Å². The highest BCUT2D eigenvalue weighted by Crippen LogP contribution is 2.35. The van der Waals surface area contributed by atoms with Gasteiger partial charge in [0.2, 0.25) is 0 Å². The molecule has 0 radical (unpaired) electrons. The van der Waals surface area contributed by atoms with Crippen LogP contribution in [0.5, 0.6) is 5.75 Å². The third kappa shape index (κ3) is 4.65. The predicted octanol–water partition coefficient (Wildman–Crippen LogP) is 4.46. The van der Waals surface area contributed by atoms with Gasteiger partial charge >= 0.3 is 6.61 Å². The van der Waals surface area contributed by atoms with E-state index < -0.39 is 16.6 Å². The number of hydrogen-bond donors (Lipinski definition) is 1. The number of hydrogen-bond acceptors (Lipinski definition) is 4. The summed E-state index contributed by atoms with van der Waals surface area (Å²) < 4.78 is 56.2. The van der Waals surface area contributed by atoms with Crippen LogP contribution in [0.4, 0.5) is 20.2 Å². The highest BCUT2D eigenvalue weighted by atomic mass is 35.5. The standard InChI is InChI=1S/C15H14Cl2F2N2O3S/c1-21(2)14-10(16)4-3-5-12(14)20-25(22,23)9-6-7-13(11(17)8-9)24-15(18)19/h3-8,15,20H,1-2H3. The Morgan fingerprint density at radius 3 is 2.36 bits per heavy atom. The van der Waals surface area contributed by atoms with E-state index in [0.29, 0.717) is 10.7 Å². The topological polar surface area (TPSA) is 58.6 Å². The summed E-state index contributed by atoms with van der Waals surface area (Å²) in [7, 11) is -0.587. The molecule has 1 N–H and O–H groups in total. The van der Waals surface area contributed by atoms with Crippen molar-refractivity contribution in [1.29, 1.82) is 0 Å². The smallest absolute Gasteiger partial charge is 0.387 e. The average Bonchev–Trinajstić information content (AvgIpc) is 2.48. The Balaban J connectivity index is 2.38. The van der Waals surface area contributed by atoms with Gasteiger partial charge in [0, 0.05) is 14.1 Å². The van der Waals surface area contributed by atoms with Crippen molar-refractivity contribution in [1.82, 2.24) is 0 Å². The van der Waals surface area contributed by atoms with Gasteiger partial charge in [-0.25, -0.2) is 8.42 Å². The summed E-state index contributed by atoms with van der Waals surface area (Å²) in [5.74, 6) is -0.313. The SMILES string of the molecule is CN(C)c1c(Cl)cccc1NS(=O)(=O)c1ccc(OC(F)F)c(Cl)c1. The zero-order valence-electron chi connectivity index (χ0n) is 13.1. The molecule has 0 aromatic heterocycles. The van der Waals surface area contributed by atoms with E-state index in [2.05, 4.69) is 9.46 Å². The maximum Gasteiger partial charge on any atom is 0.387 e. The average molecular weight is 411 g/mol. The lowest BCUT2D eigenvalue weighted by atomic mass is 10.2. The Bertz CT molecular complexity index is 877. The normalized spacial score (nSPS) is 11.5. The molecule has 0 saturated carbocycles. The molecule has 2 rings (SSSR count). The molecule has 10 heteroatoms. The van der Waals surface area contributed by atoms with E-state index in [1.807, 2.05) is 0 Å². The molecule has 2 aromatic rings. The predicted molar refractivity (Wildman–Crippen MR) is 94.7 cm³/mol. The number of nitrogens with one attached hydrogen (secondary N) is 1. The largest absolute Gasteiger partial charge is 0.433 e. The van der Waals surface area contributed by atoms with Crippen molar-refractivity contribution in [3.63, 3.8) is 0 Å². The van der Waals surface area contributed by atoms with Gasteiger partial charge in [-0.3, -0.25) is 4.72 Å². The lowest BCUT2D eigenvalue weighted by Crippen LogP contribution is -2.17. The summed E-state index contributed by atoms with van der Waals surface area (Å²) in [5.41, 5.74) is 0.748. The van der Waals surface area contributed by atoms with Gasteiger partial charge in [0.25, 0.3) is 10.0 Å². The van der Waals surface area contributed by atoms with Crippen LogP contribution in [0, 0.1) is 0 Å². The van der Waals surface area contributed by atoms with Crippen LogP contribution >= 0.6 is 23.2 Å². The van der Waals surface area contributed by atoms with E-state index >= 15 is 0 Å². The molecule has 0 aliphatic rings. The summed E-state index contributed by atoms with van der Waals surface area (Å²) in [6.45, 7) is -3.06. The van der Waals surface area contributed by atoms with Crippen molar-refractivity contribution in [2.24, 2.45) is 0 Å². The quantitative estimate of drug-likeness (QED) is 0.763. The van der Waals surface area contributed by atoms with Gasteiger partial charge in [0.05, 0.1) is 26.3 Å². The fraction of sp³-hybridized carbons (Fsp3) is 0.200. The second kappa shape index (κ2) is 7.63. The van der Waals surface area contributed by atoms with Crippen LogP contribution in [0.25, 0.3) is 0 Å². The van der Waals surface area contributed by atoms with Gasteiger partial charge in [-0.15, -0.1) is 0 Å². The van der Waals surface area contributed by atoms with Crippen molar-refractivity contribution >= 4 is 44.6 Å². The maximum absolute atomic E-state index is 12.6. The first kappa shape index (κ1) is 19.6. The molecule has 0 amide bonds. The molecule has 0 atom stereocenters. The number of sulfonamides is 1. The third-order valence-corrected chi connectivity index (χ3v) is 5.07. The van der Waals surface area contributed by atoms with Crippen LogP contribution < -0.4 is 14.4 Å². The number of benzene rings is 2. The van der Waals surface area contributed by atoms with E-state index in [-0.39, 0.29) is 21.4 Å². The Hall–Kier alpha value is -1.77. The lowest BCUT2D eigenvalue weighted by molar-refractivity contribution is -0.0498. The van der Waals surface area contributed by atoms with Gasteiger partial charge in [-0.1, -0.05) is 29.3 Å². The van der Waals surface area contributed by atoms with Crippen molar-refractivity contribution in [2.75, 3.05) is 23.7 Å². The molecule has 0 unspecified atom stereocenters. The van der Waals surface area contributed by atoms with E-state index in [9.17, 15) is 17.2 Å². The highest BCUT2D eigenvalue weighted by molar-refractivity contribution is 7.92. The summed E-state index contributed by atoms with van der Waals surface area (Å²) in [6, 6.07) is 7.98. The fourth-order valence-corrected chi connectivity index (χ4v) is 3.82. The van der Waals surface area contributed by atoms with Gasteiger partial charge in [0.15, 0.2) is 0 Å². The van der Waals surface area contributed by atoms with E-state index in [1.54, 1.807) is 37.2 Å². The first-order valence-electron chi connectivity index (χ1n) is 6.85. The molecule has 0 heterocycles. The van der Waals surface area contributed by atoms with Gasteiger partial charge in [-0.05, 0) is 30.3 Å². The second-order valence-corrected chi connectivity index (χ2v) is 7.60. The molecule has 0 aliphatic carbocycles. The minimum atomic E-state index is -4.02. The third-order valence-electron chi connectivity index (χ3n) is 3.11. The fourth-order valence-electron chi connectivity index (χ4n) is 2.10. The number of para-hydroxylation sites is 1. The van der Waals surface area contributed by atoms with Crippen molar-refractivity contribution in [3.8, 4) is 5.75 Å². The molecule has 136 valence electrons. The molecule has 0 bridgehead atoms. The summed E-state index contributed by atoms with van der Waals surface area (Å²) in [6.07, 6.45) is 0. The Morgan fingerprint density at radius 2 is 1.80 bits per heavy atom. The minimum Gasteiger partial charge on any atom is -0.433 e. The molecule has 0 fully saturated rings. The van der Waals surface area contributed by atoms with Crippen LogP contribution in [0.1, 0.15) is 0 Å². The van der Waals surface area contributed by atoms with Crippen molar-refractivity contribution < 1.29 is 21.9 Å². The number of nitrogens with zero attached hydrogens (tertiary/aromatic N) is 1. The maximum atomic E-state index is 12.6. The summed E-state index contributed by atoms with van der Waals surface area (Å²) >= 11 is 11.9. The number of halogens is 4. The Kier molecular flexibility index (Phi) is 5.97. The molecule has 0 aliphatic heterocycles. The lowest BCUT2D eigenvalue weighted by Gasteiger charge is -2.20. The zero-order valence-corrected chi connectivity index (χ0v) is 15.5. The summed E-state index contributed by atoms with van der Waals surface area (Å²) in [5, 5.41) is 0.117. The first-order valence-corrected chi connectivity index (χ1v) is 9.08. The van der Waals surface area contributed by atoms with Gasteiger partial charge in [-0.2, -0.15) is 8.78 Å². The monoisotopic (exact) mass is 410 g/mol. The number of alkyl halides is 2.